The Balaban J connectivity index is 4.21. The molecule has 0 bridgehead atoms. The van der Waals surface area contributed by atoms with Gasteiger partial charge >= 0.3 is 11.9 Å². The van der Waals surface area contributed by atoms with Gasteiger partial charge in [-0.1, -0.05) is 283 Å². The Morgan fingerprint density at radius 3 is 0.953 bits per heavy atom. The number of carbonyl (C=O) groups excluding carboxylic acids is 2. The van der Waals surface area contributed by atoms with Gasteiger partial charge in [-0.25, -0.2) is 0 Å². The molecule has 0 fully saturated rings. The summed E-state index contributed by atoms with van der Waals surface area (Å²) in [6.45, 7) is 7.91. The Morgan fingerprint density at radius 1 is 0.328 bits per heavy atom. The van der Waals surface area contributed by atoms with Gasteiger partial charge in [-0.15, -0.1) is 0 Å². The van der Waals surface area contributed by atoms with Crippen molar-refractivity contribution < 1.29 is 23.8 Å². The number of esters is 2. The zero-order valence-electron chi connectivity index (χ0n) is 43.8. The molecule has 0 aromatic carbocycles. The Morgan fingerprint density at radius 2 is 0.609 bits per heavy atom. The van der Waals surface area contributed by atoms with Crippen molar-refractivity contribution in [2.24, 2.45) is 0 Å². The van der Waals surface area contributed by atoms with Crippen molar-refractivity contribution in [3.05, 3.63) is 12.2 Å². The summed E-state index contributed by atoms with van der Waals surface area (Å²) in [5, 5.41) is 0. The largest absolute Gasteiger partial charge is 0.462 e. The fourth-order valence-electron chi connectivity index (χ4n) is 8.92. The van der Waals surface area contributed by atoms with Crippen molar-refractivity contribution >= 4 is 11.9 Å². The van der Waals surface area contributed by atoms with Crippen LogP contribution in [0.5, 0.6) is 0 Å². The normalized spacial score (nSPS) is 12.1. The maximum absolute atomic E-state index is 12.9. The second-order valence-electron chi connectivity index (χ2n) is 19.9. The molecule has 0 N–H and O–H groups in total. The van der Waals surface area contributed by atoms with Crippen LogP contribution in [0, 0.1) is 0 Å². The van der Waals surface area contributed by atoms with Crippen molar-refractivity contribution in [2.75, 3.05) is 19.8 Å². The van der Waals surface area contributed by atoms with Gasteiger partial charge in [-0.05, 0) is 44.9 Å². The van der Waals surface area contributed by atoms with E-state index < -0.39 is 6.10 Å². The Bertz CT molecular complexity index is 932. The maximum atomic E-state index is 12.9. The van der Waals surface area contributed by atoms with E-state index in [2.05, 4.69) is 32.9 Å². The van der Waals surface area contributed by atoms with Gasteiger partial charge < -0.3 is 14.2 Å². The summed E-state index contributed by atoms with van der Waals surface area (Å²) >= 11 is 0. The predicted molar refractivity (Wildman–Crippen MR) is 279 cm³/mol. The molecule has 0 unspecified atom stereocenters. The average molecular weight is 904 g/mol. The Labute approximate surface area is 401 Å². The Kier molecular flexibility index (Phi) is 54.8. The van der Waals surface area contributed by atoms with Crippen LogP contribution in [0.3, 0.4) is 0 Å². The lowest BCUT2D eigenvalue weighted by molar-refractivity contribution is -0.163. The molecule has 380 valence electrons. The number of hydrogen-bond acceptors (Lipinski definition) is 5. The molecule has 1 atom stereocenters. The fraction of sp³-hybridized carbons (Fsp3) is 0.932. The zero-order valence-corrected chi connectivity index (χ0v) is 43.8. The van der Waals surface area contributed by atoms with E-state index in [-0.39, 0.29) is 18.5 Å². The van der Waals surface area contributed by atoms with Gasteiger partial charge in [0.05, 0.1) is 6.61 Å². The van der Waals surface area contributed by atoms with Crippen LogP contribution in [-0.4, -0.2) is 37.9 Å². The van der Waals surface area contributed by atoms with E-state index in [1.807, 2.05) is 0 Å². The van der Waals surface area contributed by atoms with Gasteiger partial charge in [0.1, 0.15) is 6.61 Å². The van der Waals surface area contributed by atoms with E-state index in [0.29, 0.717) is 26.1 Å². The minimum Gasteiger partial charge on any atom is -0.462 e. The first-order valence-electron chi connectivity index (χ1n) is 29.2. The monoisotopic (exact) mass is 903 g/mol. The number of rotatable bonds is 55. The minimum atomic E-state index is -0.529. The van der Waals surface area contributed by atoms with E-state index in [1.54, 1.807) is 0 Å². The van der Waals surface area contributed by atoms with Gasteiger partial charge in [0, 0.05) is 19.4 Å². The molecule has 0 saturated heterocycles. The number of carbonyl (C=O) groups is 2. The third kappa shape index (κ3) is 53.3. The summed E-state index contributed by atoms with van der Waals surface area (Å²) in [6.07, 6.45) is 65.1. The number of ether oxygens (including phenoxy) is 3. The van der Waals surface area contributed by atoms with Crippen molar-refractivity contribution in [1.29, 1.82) is 0 Å². The summed E-state index contributed by atoms with van der Waals surface area (Å²) in [6, 6.07) is 0. The maximum Gasteiger partial charge on any atom is 0.306 e. The molecule has 0 aliphatic heterocycles. The number of unbranched alkanes of at least 4 members (excludes halogenated alkanes) is 42. The highest BCUT2D eigenvalue weighted by Gasteiger charge is 2.17. The first-order valence-corrected chi connectivity index (χ1v) is 29.2. The van der Waals surface area contributed by atoms with Crippen LogP contribution in [-0.2, 0) is 23.8 Å². The molecule has 0 heterocycles. The van der Waals surface area contributed by atoms with Crippen molar-refractivity contribution in [3.63, 3.8) is 0 Å². The molecule has 5 heteroatoms. The van der Waals surface area contributed by atoms with Crippen LogP contribution >= 0.6 is 0 Å². The average Bonchev–Trinajstić information content (AvgIpc) is 3.30. The first kappa shape index (κ1) is 62.6. The molecule has 0 aliphatic rings. The standard InChI is InChI=1S/C59H114O5/c1-4-7-10-13-16-19-22-25-28-30-32-35-38-41-44-47-50-53-59(61)64-57(55-62-54-51-48-45-42-39-36-33-29-26-23-20-17-14-11-8-5-2)56-63-58(60)52-49-46-43-40-37-34-31-27-24-21-18-15-12-9-6-3/h25,28,57H,4-24,26-27,29-56H2,1-3H3/b28-25-/t57-/m1/s1. The van der Waals surface area contributed by atoms with Crippen LogP contribution in [0.25, 0.3) is 0 Å². The first-order chi connectivity index (χ1) is 31.6. The number of hydrogen-bond donors (Lipinski definition) is 0. The molecule has 5 nitrogen and oxygen atoms in total. The van der Waals surface area contributed by atoms with Crippen LogP contribution in [0.2, 0.25) is 0 Å². The summed E-state index contributed by atoms with van der Waals surface area (Å²) in [5.74, 6) is -0.375. The minimum absolute atomic E-state index is 0.0938. The van der Waals surface area contributed by atoms with E-state index in [1.165, 1.54) is 263 Å². The fourth-order valence-corrected chi connectivity index (χ4v) is 8.92. The molecule has 0 aliphatic carbocycles. The van der Waals surface area contributed by atoms with Crippen LogP contribution in [0.4, 0.5) is 0 Å². The van der Waals surface area contributed by atoms with E-state index >= 15 is 0 Å². The second-order valence-corrected chi connectivity index (χ2v) is 19.9. The highest BCUT2D eigenvalue weighted by molar-refractivity contribution is 5.70. The van der Waals surface area contributed by atoms with Gasteiger partial charge in [0.25, 0.3) is 0 Å². The van der Waals surface area contributed by atoms with Crippen molar-refractivity contribution in [1.82, 2.24) is 0 Å². The zero-order chi connectivity index (χ0) is 46.3. The van der Waals surface area contributed by atoms with Crippen molar-refractivity contribution in [2.45, 2.75) is 335 Å². The van der Waals surface area contributed by atoms with Gasteiger partial charge in [-0.2, -0.15) is 0 Å². The second kappa shape index (κ2) is 56.0. The van der Waals surface area contributed by atoms with Crippen LogP contribution < -0.4 is 0 Å². The topological polar surface area (TPSA) is 61.8 Å². The van der Waals surface area contributed by atoms with E-state index in [4.69, 9.17) is 14.2 Å². The molecule has 0 radical (unpaired) electrons. The lowest BCUT2D eigenvalue weighted by atomic mass is 10.0. The third-order valence-corrected chi connectivity index (χ3v) is 13.3. The lowest BCUT2D eigenvalue weighted by Crippen LogP contribution is -2.30. The third-order valence-electron chi connectivity index (χ3n) is 13.3. The summed E-state index contributed by atoms with van der Waals surface area (Å²) in [5.41, 5.74) is 0. The lowest BCUT2D eigenvalue weighted by Gasteiger charge is -2.18. The highest BCUT2D eigenvalue weighted by Crippen LogP contribution is 2.17. The van der Waals surface area contributed by atoms with Crippen LogP contribution in [0.1, 0.15) is 329 Å². The van der Waals surface area contributed by atoms with Gasteiger partial charge in [-0.3, -0.25) is 9.59 Å². The molecular formula is C59H114O5. The molecule has 64 heavy (non-hydrogen) atoms. The summed E-state index contributed by atoms with van der Waals surface area (Å²) < 4.78 is 17.5. The van der Waals surface area contributed by atoms with Crippen molar-refractivity contribution in [3.8, 4) is 0 Å². The summed E-state index contributed by atoms with van der Waals surface area (Å²) in [4.78, 5) is 25.5. The Hall–Kier alpha value is -1.36. The van der Waals surface area contributed by atoms with Gasteiger partial charge in [0.15, 0.2) is 6.10 Å². The van der Waals surface area contributed by atoms with E-state index in [9.17, 15) is 9.59 Å². The van der Waals surface area contributed by atoms with E-state index in [0.717, 1.165) is 32.1 Å². The molecule has 0 rings (SSSR count). The summed E-state index contributed by atoms with van der Waals surface area (Å²) in [7, 11) is 0. The molecule has 0 aromatic heterocycles. The molecule has 0 spiro atoms. The SMILES string of the molecule is CCCCCCCC/C=C\CCCCCCCCCC(=O)O[C@H](COCCCCCCCCCCCCCCCCCC)COC(=O)CCCCCCCCCCCCCCCCC. The highest BCUT2D eigenvalue weighted by atomic mass is 16.6. The molecule has 0 amide bonds. The quantitative estimate of drug-likeness (QED) is 0.0346. The smallest absolute Gasteiger partial charge is 0.306 e. The molecule has 0 aromatic rings. The number of allylic oxidation sites excluding steroid dienone is 2. The molecular weight excluding hydrogens is 789 g/mol. The van der Waals surface area contributed by atoms with Crippen LogP contribution in [0.15, 0.2) is 12.2 Å². The predicted octanol–water partition coefficient (Wildman–Crippen LogP) is 19.8. The molecule has 0 saturated carbocycles. The van der Waals surface area contributed by atoms with Gasteiger partial charge in [0.2, 0.25) is 0 Å².